The van der Waals surface area contributed by atoms with Gasteiger partial charge < -0.3 is 19.5 Å². The van der Waals surface area contributed by atoms with Crippen LogP contribution < -0.4 is 14.8 Å². The van der Waals surface area contributed by atoms with E-state index in [0.29, 0.717) is 0 Å². The monoisotopic (exact) mass is 536 g/mol. The standard InChI is InChI=1S/C29H32N2O6S/c1-18(2)28(33)37-25-23(35-5)16-17-30-24(25)27(32)31-19(3)29(34)36-20(4)26(21-12-8-6-9-13-21)38-22-14-10-7-11-15-22/h6-20,26H,1-5H3,(H,31,32)/t19-,20-,26-/m0/s1. The molecule has 0 saturated heterocycles. The van der Waals surface area contributed by atoms with E-state index in [1.807, 2.05) is 67.6 Å². The summed E-state index contributed by atoms with van der Waals surface area (Å²) in [6.45, 7) is 6.69. The second-order valence-corrected chi connectivity index (χ2v) is 10.1. The minimum absolute atomic E-state index is 0.108. The van der Waals surface area contributed by atoms with Crippen molar-refractivity contribution in [3.63, 3.8) is 0 Å². The van der Waals surface area contributed by atoms with Gasteiger partial charge in [0.2, 0.25) is 5.75 Å². The zero-order valence-electron chi connectivity index (χ0n) is 22.0. The summed E-state index contributed by atoms with van der Waals surface area (Å²) in [5.74, 6) is -2.22. The largest absolute Gasteiger partial charge is 0.493 e. The zero-order chi connectivity index (χ0) is 27.7. The molecule has 1 amide bonds. The summed E-state index contributed by atoms with van der Waals surface area (Å²) in [6, 6.07) is 20.1. The molecule has 8 nitrogen and oxygen atoms in total. The second kappa shape index (κ2) is 13.6. The Hall–Kier alpha value is -3.85. The average molecular weight is 537 g/mol. The molecule has 0 radical (unpaired) electrons. The number of pyridine rings is 1. The van der Waals surface area contributed by atoms with Crippen molar-refractivity contribution in [3.05, 3.63) is 84.2 Å². The predicted molar refractivity (Wildman–Crippen MR) is 145 cm³/mol. The zero-order valence-corrected chi connectivity index (χ0v) is 22.9. The third-order valence-electron chi connectivity index (χ3n) is 5.54. The van der Waals surface area contributed by atoms with Crippen molar-refractivity contribution in [2.24, 2.45) is 5.92 Å². The Morgan fingerprint density at radius 1 is 0.868 bits per heavy atom. The number of carbonyl (C=O) groups excluding carboxylic acids is 3. The molecule has 0 spiro atoms. The Balaban J connectivity index is 1.73. The fraction of sp³-hybridized carbons (Fsp3) is 0.310. The lowest BCUT2D eigenvalue weighted by Crippen LogP contribution is -2.41. The molecule has 3 atom stereocenters. The number of esters is 2. The molecule has 2 aromatic carbocycles. The summed E-state index contributed by atoms with van der Waals surface area (Å²) in [5.41, 5.74) is 0.836. The molecule has 1 aromatic heterocycles. The fourth-order valence-electron chi connectivity index (χ4n) is 3.46. The van der Waals surface area contributed by atoms with Crippen molar-refractivity contribution < 1.29 is 28.6 Å². The van der Waals surface area contributed by atoms with Crippen LogP contribution in [-0.4, -0.2) is 42.1 Å². The molecule has 3 rings (SSSR count). The van der Waals surface area contributed by atoms with Gasteiger partial charge in [-0.15, -0.1) is 11.8 Å². The summed E-state index contributed by atoms with van der Waals surface area (Å²) in [6.07, 6.45) is 0.850. The number of thioether (sulfide) groups is 1. The van der Waals surface area contributed by atoms with Gasteiger partial charge in [0.1, 0.15) is 12.1 Å². The van der Waals surface area contributed by atoms with Gasteiger partial charge in [0.25, 0.3) is 5.91 Å². The third kappa shape index (κ3) is 7.58. The van der Waals surface area contributed by atoms with Crippen LogP contribution >= 0.6 is 11.8 Å². The molecule has 0 unspecified atom stereocenters. The highest BCUT2D eigenvalue weighted by Gasteiger charge is 2.29. The number of hydrogen-bond donors (Lipinski definition) is 1. The number of rotatable bonds is 11. The molecule has 0 aliphatic rings. The van der Waals surface area contributed by atoms with Crippen LogP contribution in [0.1, 0.15) is 49.0 Å². The highest BCUT2D eigenvalue weighted by molar-refractivity contribution is 7.99. The summed E-state index contributed by atoms with van der Waals surface area (Å²) in [5, 5.41) is 2.42. The first-order valence-corrected chi connectivity index (χ1v) is 13.1. The Morgan fingerprint density at radius 2 is 1.50 bits per heavy atom. The topological polar surface area (TPSA) is 104 Å². The van der Waals surface area contributed by atoms with Crippen LogP contribution in [0, 0.1) is 5.92 Å². The van der Waals surface area contributed by atoms with Gasteiger partial charge in [-0.1, -0.05) is 62.4 Å². The van der Waals surface area contributed by atoms with Crippen molar-refractivity contribution in [2.75, 3.05) is 7.11 Å². The fourth-order valence-corrected chi connectivity index (χ4v) is 4.61. The average Bonchev–Trinajstić information content (AvgIpc) is 2.92. The molecule has 0 aliphatic heterocycles. The molecule has 1 heterocycles. The Kier molecular flexibility index (Phi) is 10.3. The van der Waals surface area contributed by atoms with E-state index < -0.39 is 35.9 Å². The quantitative estimate of drug-likeness (QED) is 0.262. The number of ether oxygens (including phenoxy) is 3. The van der Waals surface area contributed by atoms with Crippen LogP contribution in [0.3, 0.4) is 0 Å². The minimum atomic E-state index is -0.996. The van der Waals surface area contributed by atoms with E-state index in [2.05, 4.69) is 10.3 Å². The number of hydrogen-bond acceptors (Lipinski definition) is 8. The van der Waals surface area contributed by atoms with E-state index in [1.54, 1.807) is 25.6 Å². The molecule has 9 heteroatoms. The smallest absolute Gasteiger partial charge is 0.328 e. The van der Waals surface area contributed by atoms with E-state index >= 15 is 0 Å². The van der Waals surface area contributed by atoms with Crippen LogP contribution in [0.15, 0.2) is 77.8 Å². The van der Waals surface area contributed by atoms with Gasteiger partial charge in [-0.05, 0) is 31.5 Å². The number of methoxy groups -OCH3 is 1. The molecule has 38 heavy (non-hydrogen) atoms. The molecule has 0 bridgehead atoms. The van der Waals surface area contributed by atoms with Crippen molar-refractivity contribution in [1.82, 2.24) is 10.3 Å². The second-order valence-electron chi connectivity index (χ2n) is 8.87. The first-order valence-electron chi connectivity index (χ1n) is 12.2. The molecule has 0 fully saturated rings. The Bertz CT molecular complexity index is 1240. The number of amides is 1. The maximum absolute atomic E-state index is 13.0. The molecule has 3 aromatic rings. The van der Waals surface area contributed by atoms with Crippen LogP contribution in [0.2, 0.25) is 0 Å². The van der Waals surface area contributed by atoms with E-state index in [1.165, 1.54) is 26.3 Å². The summed E-state index contributed by atoms with van der Waals surface area (Å²) in [4.78, 5) is 43.4. The summed E-state index contributed by atoms with van der Waals surface area (Å²) < 4.78 is 16.4. The van der Waals surface area contributed by atoms with Crippen LogP contribution in [0.4, 0.5) is 0 Å². The Morgan fingerprint density at radius 3 is 2.11 bits per heavy atom. The Labute approximate surface area is 227 Å². The first-order chi connectivity index (χ1) is 18.2. The first kappa shape index (κ1) is 28.7. The van der Waals surface area contributed by atoms with Gasteiger partial charge in [0.15, 0.2) is 11.4 Å². The van der Waals surface area contributed by atoms with Gasteiger partial charge in [0.05, 0.1) is 18.3 Å². The number of nitrogens with zero attached hydrogens (tertiary/aromatic N) is 1. The maximum atomic E-state index is 13.0. The van der Waals surface area contributed by atoms with Crippen molar-refractivity contribution in [3.8, 4) is 11.5 Å². The lowest BCUT2D eigenvalue weighted by Gasteiger charge is -2.25. The van der Waals surface area contributed by atoms with Gasteiger partial charge in [-0.25, -0.2) is 9.78 Å². The number of carbonyl (C=O) groups is 3. The van der Waals surface area contributed by atoms with Gasteiger partial charge >= 0.3 is 11.9 Å². The van der Waals surface area contributed by atoms with E-state index in [0.717, 1.165) is 10.5 Å². The highest BCUT2D eigenvalue weighted by atomic mass is 32.2. The summed E-state index contributed by atoms with van der Waals surface area (Å²) in [7, 11) is 1.39. The molecule has 0 aliphatic carbocycles. The summed E-state index contributed by atoms with van der Waals surface area (Å²) >= 11 is 1.59. The SMILES string of the molecule is COc1ccnc(C(=O)N[C@@H](C)C(=O)O[C@@H](C)[C@H](Sc2ccccc2)c2ccccc2)c1OC(=O)C(C)C. The van der Waals surface area contributed by atoms with Crippen LogP contribution in [-0.2, 0) is 14.3 Å². The van der Waals surface area contributed by atoms with Crippen LogP contribution in [0.25, 0.3) is 0 Å². The van der Waals surface area contributed by atoms with Crippen LogP contribution in [0.5, 0.6) is 11.5 Å². The molecule has 1 N–H and O–H groups in total. The molecule has 200 valence electrons. The molecular formula is C29H32N2O6S. The number of aromatic nitrogens is 1. The molecular weight excluding hydrogens is 504 g/mol. The van der Waals surface area contributed by atoms with Gasteiger partial charge in [0, 0.05) is 17.2 Å². The van der Waals surface area contributed by atoms with E-state index in [4.69, 9.17) is 14.2 Å². The van der Waals surface area contributed by atoms with E-state index in [-0.39, 0.29) is 22.4 Å². The van der Waals surface area contributed by atoms with Crippen molar-refractivity contribution in [2.45, 2.75) is 50.0 Å². The van der Waals surface area contributed by atoms with Crippen molar-refractivity contribution >= 4 is 29.6 Å². The number of nitrogens with one attached hydrogen (secondary N) is 1. The predicted octanol–water partition coefficient (Wildman–Crippen LogP) is 5.24. The van der Waals surface area contributed by atoms with Gasteiger partial charge in [-0.3, -0.25) is 9.59 Å². The normalized spacial score (nSPS) is 13.2. The molecule has 0 saturated carbocycles. The third-order valence-corrected chi connectivity index (χ3v) is 7.00. The number of benzene rings is 2. The van der Waals surface area contributed by atoms with Gasteiger partial charge in [-0.2, -0.15) is 0 Å². The highest BCUT2D eigenvalue weighted by Crippen LogP contribution is 2.39. The minimum Gasteiger partial charge on any atom is -0.493 e. The van der Waals surface area contributed by atoms with E-state index in [9.17, 15) is 14.4 Å². The maximum Gasteiger partial charge on any atom is 0.328 e. The lowest BCUT2D eigenvalue weighted by molar-refractivity contribution is -0.150. The van der Waals surface area contributed by atoms with Crippen molar-refractivity contribution in [1.29, 1.82) is 0 Å². The lowest BCUT2D eigenvalue weighted by atomic mass is 10.1.